The number of hydrogen-bond acceptors (Lipinski definition) is 5. The van der Waals surface area contributed by atoms with E-state index in [0.717, 1.165) is 25.1 Å². The van der Waals surface area contributed by atoms with Gasteiger partial charge in [-0.05, 0) is 36.6 Å². The summed E-state index contributed by atoms with van der Waals surface area (Å²) in [4.78, 5) is 26.6. The van der Waals surface area contributed by atoms with Crippen molar-refractivity contribution in [2.45, 2.75) is 18.9 Å². The molecule has 0 radical (unpaired) electrons. The minimum Gasteiger partial charge on any atom is -0.485 e. The lowest BCUT2D eigenvalue weighted by Crippen LogP contribution is -2.53. The number of nitrogens with zero attached hydrogens (tertiary/aromatic N) is 1. The van der Waals surface area contributed by atoms with Gasteiger partial charge in [-0.25, -0.2) is 0 Å². The lowest BCUT2D eigenvalue weighted by atomic mass is 10.0. The Balaban J connectivity index is 1.29. The monoisotopic (exact) mass is 367 g/mol. The number of ether oxygens (including phenoxy) is 2. The molecule has 7 heteroatoms. The lowest BCUT2D eigenvalue weighted by Gasteiger charge is -2.30. The van der Waals surface area contributed by atoms with E-state index < -0.39 is 12.0 Å². The van der Waals surface area contributed by atoms with Crippen molar-refractivity contribution in [1.29, 1.82) is 0 Å². The van der Waals surface area contributed by atoms with Crippen molar-refractivity contribution in [3.63, 3.8) is 0 Å². The summed E-state index contributed by atoms with van der Waals surface area (Å²) in [6, 6.07) is 15.2. The molecule has 0 saturated carbocycles. The normalized spacial score (nSPS) is 17.6. The molecule has 0 saturated heterocycles. The van der Waals surface area contributed by atoms with Gasteiger partial charge in [0.15, 0.2) is 11.5 Å². The van der Waals surface area contributed by atoms with Gasteiger partial charge in [0.25, 0.3) is 11.8 Å². The molecule has 0 bridgehead atoms. The van der Waals surface area contributed by atoms with Gasteiger partial charge in [-0.3, -0.25) is 20.4 Å². The number of aryl methyl sites for hydroxylation is 1. The van der Waals surface area contributed by atoms with E-state index in [1.165, 1.54) is 5.56 Å². The topological polar surface area (TPSA) is 79.9 Å². The number of nitrogens with one attached hydrogen (secondary N) is 2. The maximum Gasteiger partial charge on any atom is 0.283 e. The van der Waals surface area contributed by atoms with E-state index >= 15 is 0 Å². The molecule has 2 amide bonds. The summed E-state index contributed by atoms with van der Waals surface area (Å²) < 4.78 is 11.1. The summed E-state index contributed by atoms with van der Waals surface area (Å²) in [5.41, 5.74) is 7.21. The highest BCUT2D eigenvalue weighted by atomic mass is 16.6. The summed E-state index contributed by atoms with van der Waals surface area (Å²) in [5, 5.41) is 0. The fourth-order valence-electron chi connectivity index (χ4n) is 3.35. The van der Waals surface area contributed by atoms with Gasteiger partial charge in [-0.15, -0.1) is 0 Å². The first-order chi connectivity index (χ1) is 13.2. The summed E-state index contributed by atoms with van der Waals surface area (Å²) >= 11 is 0. The van der Waals surface area contributed by atoms with Crippen molar-refractivity contribution in [1.82, 2.24) is 10.9 Å². The fraction of sp³-hybridized carbons (Fsp3) is 0.300. The molecule has 4 rings (SSSR count). The summed E-state index contributed by atoms with van der Waals surface area (Å²) in [7, 11) is 0. The second-order valence-corrected chi connectivity index (χ2v) is 6.56. The molecule has 2 aliphatic heterocycles. The van der Waals surface area contributed by atoms with Crippen LogP contribution in [-0.2, 0) is 16.0 Å². The highest BCUT2D eigenvalue weighted by Crippen LogP contribution is 2.30. The van der Waals surface area contributed by atoms with Crippen LogP contribution >= 0.6 is 0 Å². The molecule has 2 N–H and O–H groups in total. The van der Waals surface area contributed by atoms with E-state index in [4.69, 9.17) is 9.47 Å². The molecule has 27 heavy (non-hydrogen) atoms. The van der Waals surface area contributed by atoms with Gasteiger partial charge in [0.1, 0.15) is 6.61 Å². The van der Waals surface area contributed by atoms with Crippen LogP contribution in [0.2, 0.25) is 0 Å². The zero-order chi connectivity index (χ0) is 18.6. The third-order valence-corrected chi connectivity index (χ3v) is 4.67. The fourth-order valence-corrected chi connectivity index (χ4v) is 3.35. The quantitative estimate of drug-likeness (QED) is 0.803. The number of hydrazine groups is 1. The van der Waals surface area contributed by atoms with Gasteiger partial charge in [-0.1, -0.05) is 30.3 Å². The second kappa shape index (κ2) is 7.57. The van der Waals surface area contributed by atoms with E-state index in [0.29, 0.717) is 11.5 Å². The standard InChI is InChI=1S/C20H21N3O4/c24-19(12-23-11-5-7-14-6-1-2-8-15(14)23)21-22-20(25)18-13-26-16-9-3-4-10-17(16)27-18/h1-4,6,8-10,18H,5,7,11-13H2,(H,21,24)(H,22,25)/t18-/m0/s1. The average Bonchev–Trinajstić information content (AvgIpc) is 2.72. The van der Waals surface area contributed by atoms with Crippen LogP contribution in [0.4, 0.5) is 5.69 Å². The van der Waals surface area contributed by atoms with E-state index in [1.54, 1.807) is 18.2 Å². The third-order valence-electron chi connectivity index (χ3n) is 4.67. The molecule has 0 aliphatic carbocycles. The number of anilines is 1. The largest absolute Gasteiger partial charge is 0.485 e. The van der Waals surface area contributed by atoms with E-state index in [2.05, 4.69) is 16.9 Å². The van der Waals surface area contributed by atoms with Crippen LogP contribution in [0.15, 0.2) is 48.5 Å². The van der Waals surface area contributed by atoms with Crippen LogP contribution in [0.1, 0.15) is 12.0 Å². The molecule has 140 valence electrons. The molecule has 2 aliphatic rings. The van der Waals surface area contributed by atoms with E-state index in [-0.39, 0.29) is 19.1 Å². The van der Waals surface area contributed by atoms with Gasteiger partial charge >= 0.3 is 0 Å². The first kappa shape index (κ1) is 17.2. The predicted octanol–water partition coefficient (Wildman–Crippen LogP) is 1.43. The number of carbonyl (C=O) groups is 2. The van der Waals surface area contributed by atoms with Gasteiger partial charge in [0, 0.05) is 12.2 Å². The van der Waals surface area contributed by atoms with Crippen LogP contribution in [-0.4, -0.2) is 37.6 Å². The smallest absolute Gasteiger partial charge is 0.283 e. The maximum absolute atomic E-state index is 12.3. The van der Waals surface area contributed by atoms with Crippen LogP contribution in [0, 0.1) is 0 Å². The zero-order valence-corrected chi connectivity index (χ0v) is 14.8. The molecule has 2 aromatic rings. The number of carbonyl (C=O) groups excluding carboxylic acids is 2. The highest BCUT2D eigenvalue weighted by Gasteiger charge is 2.27. The Morgan fingerprint density at radius 1 is 1.04 bits per heavy atom. The Kier molecular flexibility index (Phi) is 4.82. The van der Waals surface area contributed by atoms with Crippen LogP contribution in [0.25, 0.3) is 0 Å². The Morgan fingerprint density at radius 3 is 2.70 bits per heavy atom. The van der Waals surface area contributed by atoms with Crippen molar-refractivity contribution in [3.05, 3.63) is 54.1 Å². The summed E-state index contributed by atoms with van der Waals surface area (Å²) in [6.45, 7) is 1.09. The maximum atomic E-state index is 12.3. The van der Waals surface area contributed by atoms with Crippen LogP contribution in [0.5, 0.6) is 11.5 Å². The van der Waals surface area contributed by atoms with Crippen LogP contribution in [0.3, 0.4) is 0 Å². The SMILES string of the molecule is O=C(CN1CCCc2ccccc21)NNC(=O)[C@@H]1COc2ccccc2O1. The van der Waals surface area contributed by atoms with Crippen molar-refractivity contribution >= 4 is 17.5 Å². The molecule has 2 aromatic carbocycles. The van der Waals surface area contributed by atoms with Gasteiger partial charge in [0.05, 0.1) is 6.54 Å². The number of hydrogen-bond donors (Lipinski definition) is 2. The molecule has 2 heterocycles. The number of amides is 2. The number of rotatable bonds is 3. The average molecular weight is 367 g/mol. The van der Waals surface area contributed by atoms with Crippen molar-refractivity contribution in [2.75, 3.05) is 24.6 Å². The highest BCUT2D eigenvalue weighted by molar-refractivity contribution is 5.87. The number of benzene rings is 2. The molecular formula is C20H21N3O4. The molecule has 0 aromatic heterocycles. The van der Waals surface area contributed by atoms with Crippen molar-refractivity contribution < 1.29 is 19.1 Å². The van der Waals surface area contributed by atoms with Gasteiger partial charge < -0.3 is 14.4 Å². The van der Waals surface area contributed by atoms with Gasteiger partial charge in [-0.2, -0.15) is 0 Å². The second-order valence-electron chi connectivity index (χ2n) is 6.56. The first-order valence-corrected chi connectivity index (χ1v) is 9.01. The molecule has 0 fully saturated rings. The van der Waals surface area contributed by atoms with E-state index in [1.807, 2.05) is 29.2 Å². The van der Waals surface area contributed by atoms with Crippen molar-refractivity contribution in [2.24, 2.45) is 0 Å². The Morgan fingerprint density at radius 2 is 1.81 bits per heavy atom. The minimum atomic E-state index is -0.809. The molecule has 0 spiro atoms. The first-order valence-electron chi connectivity index (χ1n) is 9.01. The number of fused-ring (bicyclic) bond motifs is 2. The third kappa shape index (κ3) is 3.81. The Hall–Kier alpha value is -3.22. The molecule has 0 unspecified atom stereocenters. The van der Waals surface area contributed by atoms with Crippen molar-refractivity contribution in [3.8, 4) is 11.5 Å². The lowest BCUT2D eigenvalue weighted by molar-refractivity contribution is -0.134. The minimum absolute atomic E-state index is 0.0955. The molecular weight excluding hydrogens is 346 g/mol. The predicted molar refractivity (Wildman–Crippen MR) is 99.6 cm³/mol. The Labute approximate surface area is 157 Å². The molecule has 7 nitrogen and oxygen atoms in total. The van der Waals surface area contributed by atoms with E-state index in [9.17, 15) is 9.59 Å². The summed E-state index contributed by atoms with van der Waals surface area (Å²) in [6.07, 6.45) is 1.21. The number of para-hydroxylation sites is 3. The zero-order valence-electron chi connectivity index (χ0n) is 14.8. The summed E-state index contributed by atoms with van der Waals surface area (Å²) in [5.74, 6) is 0.392. The van der Waals surface area contributed by atoms with Crippen LogP contribution < -0.4 is 25.2 Å². The Bertz CT molecular complexity index is 855. The molecule has 1 atom stereocenters. The van der Waals surface area contributed by atoms with Gasteiger partial charge in [0.2, 0.25) is 6.10 Å².